The lowest BCUT2D eigenvalue weighted by Gasteiger charge is -2.22. The van der Waals surface area contributed by atoms with Crippen LogP contribution in [0.3, 0.4) is 0 Å². The molecular formula is C20H25N4O7PS. The zero-order valence-electron chi connectivity index (χ0n) is 18.3. The third kappa shape index (κ3) is 8.26. The Balaban J connectivity index is 2.31. The first-order chi connectivity index (χ1) is 15.5. The number of hydrogen-bond donors (Lipinski definition) is 3. The van der Waals surface area contributed by atoms with E-state index in [1.165, 1.54) is 18.2 Å². The Morgan fingerprint density at radius 1 is 1.30 bits per heavy atom. The van der Waals surface area contributed by atoms with E-state index in [4.69, 9.17) is 20.3 Å². The lowest BCUT2D eigenvalue weighted by atomic mass is 10.2. The van der Waals surface area contributed by atoms with Crippen molar-refractivity contribution < 1.29 is 33.2 Å². The molecule has 0 aliphatic heterocycles. The molecule has 0 atom stereocenters. The second kappa shape index (κ2) is 11.9. The highest BCUT2D eigenvalue weighted by Gasteiger charge is 2.20. The van der Waals surface area contributed by atoms with Crippen molar-refractivity contribution in [1.82, 2.24) is 14.9 Å². The van der Waals surface area contributed by atoms with Crippen molar-refractivity contribution in [2.24, 2.45) is 0 Å². The third-order valence-corrected chi connectivity index (χ3v) is 6.14. The summed E-state index contributed by atoms with van der Waals surface area (Å²) in [5.41, 5.74) is 7.21. The molecule has 11 nitrogen and oxygen atoms in total. The normalized spacial score (nSPS) is 12.2. The molecule has 2 rings (SSSR count). The average Bonchev–Trinajstić information content (AvgIpc) is 2.76. The SMILES string of the molecule is COc1ccc(C(=O)S/C(CCOP(=O)(O)O)=C(/C)N(C=O)Cc2cnc(C)nc2N)cc1. The summed E-state index contributed by atoms with van der Waals surface area (Å²) in [6.07, 6.45) is 2.05. The van der Waals surface area contributed by atoms with Crippen LogP contribution in [-0.4, -0.2) is 49.9 Å². The van der Waals surface area contributed by atoms with Gasteiger partial charge in [-0.25, -0.2) is 14.5 Å². The van der Waals surface area contributed by atoms with Crippen molar-refractivity contribution in [1.29, 1.82) is 0 Å². The fraction of sp³-hybridized carbons (Fsp3) is 0.300. The number of ether oxygens (including phenoxy) is 1. The highest BCUT2D eigenvalue weighted by atomic mass is 32.2. The molecule has 13 heteroatoms. The maximum Gasteiger partial charge on any atom is 0.469 e. The number of nitrogens with two attached hydrogens (primary N) is 1. The van der Waals surface area contributed by atoms with Crippen LogP contribution in [0.2, 0.25) is 0 Å². The molecule has 0 aliphatic carbocycles. The molecule has 0 saturated heterocycles. The van der Waals surface area contributed by atoms with Gasteiger partial charge in [-0.05, 0) is 49.9 Å². The van der Waals surface area contributed by atoms with Gasteiger partial charge in [0.05, 0.1) is 20.3 Å². The highest BCUT2D eigenvalue weighted by Crippen LogP contribution is 2.37. The fourth-order valence-electron chi connectivity index (χ4n) is 2.67. The minimum absolute atomic E-state index is 0.0201. The number of nitrogen functional groups attached to an aromatic ring is 1. The van der Waals surface area contributed by atoms with E-state index >= 15 is 0 Å². The molecule has 2 aromatic rings. The van der Waals surface area contributed by atoms with Crippen molar-refractivity contribution in [3.8, 4) is 5.75 Å². The second-order valence-corrected chi connectivity index (χ2v) is 9.07. The summed E-state index contributed by atoms with van der Waals surface area (Å²) in [4.78, 5) is 52.5. The first kappa shape index (κ1) is 26.5. The number of carbonyl (C=O) groups excluding carboxylic acids is 2. The number of methoxy groups -OCH3 is 1. The first-order valence-corrected chi connectivity index (χ1v) is 11.9. The number of phosphoric acid groups is 1. The van der Waals surface area contributed by atoms with Gasteiger partial charge in [-0.3, -0.25) is 14.1 Å². The summed E-state index contributed by atoms with van der Waals surface area (Å²) in [5, 5.41) is -0.327. The Morgan fingerprint density at radius 2 is 1.97 bits per heavy atom. The minimum Gasteiger partial charge on any atom is -0.497 e. The van der Waals surface area contributed by atoms with Crippen LogP contribution in [0.5, 0.6) is 5.75 Å². The molecule has 0 fully saturated rings. The van der Waals surface area contributed by atoms with Crippen LogP contribution in [0.15, 0.2) is 41.1 Å². The molecule has 1 aromatic carbocycles. The standard InChI is InChI=1S/C20H25N4O7PS/c1-13(24(12-25)11-16-10-22-14(2)23-19(16)21)18(8-9-31-32(27,28)29)33-20(26)15-4-6-17(30-3)7-5-15/h4-7,10,12H,8-9,11H2,1-3H3,(H2,21,22,23)(H2,27,28,29)/b18-13-. The van der Waals surface area contributed by atoms with Crippen molar-refractivity contribution in [2.45, 2.75) is 26.8 Å². The van der Waals surface area contributed by atoms with Gasteiger partial charge in [0.1, 0.15) is 17.4 Å². The zero-order chi connectivity index (χ0) is 24.6. The van der Waals surface area contributed by atoms with Crippen molar-refractivity contribution in [2.75, 3.05) is 19.5 Å². The maximum atomic E-state index is 12.8. The monoisotopic (exact) mass is 496 g/mol. The fourth-order valence-corrected chi connectivity index (χ4v) is 3.93. The summed E-state index contributed by atoms with van der Waals surface area (Å²) < 4.78 is 20.7. The summed E-state index contributed by atoms with van der Waals surface area (Å²) in [5.74, 6) is 1.29. The predicted molar refractivity (Wildman–Crippen MR) is 123 cm³/mol. The largest absolute Gasteiger partial charge is 0.497 e. The summed E-state index contributed by atoms with van der Waals surface area (Å²) in [6.45, 7) is 2.98. The Morgan fingerprint density at radius 3 is 2.52 bits per heavy atom. The van der Waals surface area contributed by atoms with Crippen molar-refractivity contribution in [3.63, 3.8) is 0 Å². The van der Waals surface area contributed by atoms with Gasteiger partial charge in [-0.1, -0.05) is 0 Å². The number of phosphoric ester groups is 1. The Labute approximate surface area is 195 Å². The lowest BCUT2D eigenvalue weighted by molar-refractivity contribution is -0.116. The molecule has 1 aromatic heterocycles. The van der Waals surface area contributed by atoms with E-state index in [-0.39, 0.29) is 30.5 Å². The number of allylic oxidation sites excluding steroid dienone is 1. The lowest BCUT2D eigenvalue weighted by Crippen LogP contribution is -2.22. The van der Waals surface area contributed by atoms with E-state index in [9.17, 15) is 14.2 Å². The van der Waals surface area contributed by atoms with Crippen molar-refractivity contribution in [3.05, 3.63) is 58.0 Å². The topological polar surface area (TPSA) is 165 Å². The van der Waals surface area contributed by atoms with Gasteiger partial charge in [0.2, 0.25) is 11.5 Å². The quantitative estimate of drug-likeness (QED) is 0.309. The number of nitrogens with zero attached hydrogens (tertiary/aromatic N) is 3. The number of benzene rings is 1. The summed E-state index contributed by atoms with van der Waals surface area (Å²) in [6, 6.07) is 6.46. The molecule has 0 spiro atoms. The number of thioether (sulfide) groups is 1. The number of hydrogen-bond acceptors (Lipinski definition) is 9. The smallest absolute Gasteiger partial charge is 0.469 e. The molecule has 0 aliphatic rings. The molecule has 0 unspecified atom stereocenters. The molecule has 1 amide bonds. The summed E-state index contributed by atoms with van der Waals surface area (Å²) in [7, 11) is -3.19. The van der Waals surface area contributed by atoms with Gasteiger partial charge >= 0.3 is 7.82 Å². The Hall–Kier alpha value is -2.76. The molecule has 178 valence electrons. The van der Waals surface area contributed by atoms with Crippen molar-refractivity contribution >= 4 is 36.9 Å². The number of anilines is 1. The molecule has 4 N–H and O–H groups in total. The number of rotatable bonds is 11. The average molecular weight is 496 g/mol. The third-order valence-electron chi connectivity index (χ3n) is 4.45. The van der Waals surface area contributed by atoms with Gasteiger partial charge in [0.25, 0.3) is 0 Å². The van der Waals surface area contributed by atoms with Crippen LogP contribution in [0.25, 0.3) is 0 Å². The van der Waals surface area contributed by atoms with E-state index in [1.54, 1.807) is 38.1 Å². The van der Waals surface area contributed by atoms with Crippen LogP contribution >= 0.6 is 19.6 Å². The maximum absolute atomic E-state index is 12.8. The van der Waals surface area contributed by atoms with E-state index in [2.05, 4.69) is 14.5 Å². The van der Waals surface area contributed by atoms with Crippen LogP contribution in [0.4, 0.5) is 5.82 Å². The Kier molecular flexibility index (Phi) is 9.56. The Bertz CT molecular complexity index is 1070. The van der Waals surface area contributed by atoms with E-state index in [0.717, 1.165) is 11.8 Å². The number of aryl methyl sites for hydroxylation is 1. The molecule has 0 bridgehead atoms. The zero-order valence-corrected chi connectivity index (χ0v) is 20.0. The molecule has 0 saturated carbocycles. The first-order valence-electron chi connectivity index (χ1n) is 9.60. The minimum atomic E-state index is -4.70. The predicted octanol–water partition coefficient (Wildman–Crippen LogP) is 2.64. The second-order valence-electron chi connectivity index (χ2n) is 6.76. The number of aromatic nitrogens is 2. The highest BCUT2D eigenvalue weighted by molar-refractivity contribution is 8.17. The molecule has 1 heterocycles. The van der Waals surface area contributed by atoms with Crippen LogP contribution in [-0.2, 0) is 20.4 Å². The van der Waals surface area contributed by atoms with E-state index in [0.29, 0.717) is 39.7 Å². The van der Waals surface area contributed by atoms with Gasteiger partial charge in [0.15, 0.2) is 0 Å². The van der Waals surface area contributed by atoms with Gasteiger partial charge in [0, 0.05) is 34.3 Å². The van der Waals surface area contributed by atoms with Gasteiger partial charge in [-0.2, -0.15) is 0 Å². The van der Waals surface area contributed by atoms with E-state index < -0.39 is 7.82 Å². The van der Waals surface area contributed by atoms with Crippen LogP contribution in [0, 0.1) is 6.92 Å². The summed E-state index contributed by atoms with van der Waals surface area (Å²) >= 11 is 0.835. The molecule has 0 radical (unpaired) electrons. The number of carbonyl (C=O) groups is 2. The van der Waals surface area contributed by atoms with Crippen LogP contribution in [0.1, 0.15) is 35.1 Å². The van der Waals surface area contributed by atoms with Crippen LogP contribution < -0.4 is 10.5 Å². The van der Waals surface area contributed by atoms with E-state index in [1.807, 2.05) is 0 Å². The van der Waals surface area contributed by atoms with Gasteiger partial charge in [-0.15, -0.1) is 0 Å². The van der Waals surface area contributed by atoms with Gasteiger partial charge < -0.3 is 25.2 Å². The molecule has 33 heavy (non-hydrogen) atoms. The number of amides is 1. The molecular weight excluding hydrogens is 471 g/mol.